The van der Waals surface area contributed by atoms with Crippen LogP contribution in [0.15, 0.2) is 58.5 Å². The Hall–Kier alpha value is -2.57. The number of aromatic amines is 1. The number of anilines is 1. The van der Waals surface area contributed by atoms with Crippen LogP contribution in [0, 0.1) is 13.8 Å². The van der Waals surface area contributed by atoms with Gasteiger partial charge in [-0.05, 0) is 48.7 Å². The van der Waals surface area contributed by atoms with Gasteiger partial charge in [-0.25, -0.2) is 4.98 Å². The van der Waals surface area contributed by atoms with Gasteiger partial charge in [-0.1, -0.05) is 47.6 Å². The van der Waals surface area contributed by atoms with Crippen molar-refractivity contribution < 1.29 is 4.79 Å². The lowest BCUT2D eigenvalue weighted by atomic mass is 10.1. The molecule has 1 amide bonds. The Morgan fingerprint density at radius 3 is 2.75 bits per heavy atom. The van der Waals surface area contributed by atoms with Crippen molar-refractivity contribution in [3.05, 3.63) is 86.3 Å². The number of hydrogen-bond donors (Lipinski definition) is 2. The lowest BCUT2D eigenvalue weighted by Gasteiger charge is -2.10. The van der Waals surface area contributed by atoms with Gasteiger partial charge in [0.2, 0.25) is 5.91 Å². The number of H-pyrrole nitrogens is 1. The molecule has 0 spiro atoms. The van der Waals surface area contributed by atoms with Gasteiger partial charge >= 0.3 is 0 Å². The standard InChI is InChI=1S/C21H20ClN3O2S/c1-13-5-3-8-18(14(13)2)24-19(26)10-17-11-20(27)25-21(23-17)28-12-15-6-4-7-16(22)9-15/h3-9,11H,10,12H2,1-2H3,(H,24,26)(H,23,25,27). The molecule has 0 saturated heterocycles. The van der Waals surface area contributed by atoms with Crippen LogP contribution in [0.25, 0.3) is 0 Å². The number of nitrogens with one attached hydrogen (secondary N) is 2. The summed E-state index contributed by atoms with van der Waals surface area (Å²) >= 11 is 7.38. The van der Waals surface area contributed by atoms with E-state index in [1.54, 1.807) is 0 Å². The van der Waals surface area contributed by atoms with Crippen LogP contribution in [-0.4, -0.2) is 15.9 Å². The van der Waals surface area contributed by atoms with E-state index in [4.69, 9.17) is 11.6 Å². The first kappa shape index (κ1) is 20.2. The zero-order valence-corrected chi connectivity index (χ0v) is 17.2. The second-order valence-corrected chi connectivity index (χ2v) is 7.83. The molecule has 0 bridgehead atoms. The third-order valence-electron chi connectivity index (χ3n) is 4.26. The molecule has 144 valence electrons. The number of aromatic nitrogens is 2. The Morgan fingerprint density at radius 1 is 1.18 bits per heavy atom. The van der Waals surface area contributed by atoms with Crippen molar-refractivity contribution in [2.75, 3.05) is 5.32 Å². The fourth-order valence-corrected chi connectivity index (χ4v) is 3.72. The Labute approximate surface area is 172 Å². The quantitative estimate of drug-likeness (QED) is 0.460. The van der Waals surface area contributed by atoms with Gasteiger partial charge in [0.05, 0.1) is 12.1 Å². The molecule has 0 radical (unpaired) electrons. The molecule has 2 N–H and O–H groups in total. The highest BCUT2D eigenvalue weighted by Gasteiger charge is 2.10. The number of carbonyl (C=O) groups excluding carboxylic acids is 1. The summed E-state index contributed by atoms with van der Waals surface area (Å²) in [6, 6.07) is 14.6. The number of aryl methyl sites for hydroxylation is 1. The minimum absolute atomic E-state index is 0.0298. The average Bonchev–Trinajstić information content (AvgIpc) is 2.63. The maximum atomic E-state index is 12.4. The highest BCUT2D eigenvalue weighted by Crippen LogP contribution is 2.21. The fourth-order valence-electron chi connectivity index (χ4n) is 2.67. The smallest absolute Gasteiger partial charge is 0.251 e. The van der Waals surface area contributed by atoms with E-state index in [0.717, 1.165) is 22.4 Å². The summed E-state index contributed by atoms with van der Waals surface area (Å²) in [6.07, 6.45) is 0.0298. The van der Waals surface area contributed by atoms with E-state index in [0.29, 0.717) is 21.6 Å². The molecule has 0 saturated carbocycles. The number of amides is 1. The molecule has 0 aliphatic carbocycles. The maximum absolute atomic E-state index is 12.4. The van der Waals surface area contributed by atoms with Gasteiger partial charge in [0.25, 0.3) is 5.56 Å². The maximum Gasteiger partial charge on any atom is 0.251 e. The molecule has 0 aliphatic heterocycles. The molecule has 2 aromatic carbocycles. The fraction of sp³-hybridized carbons (Fsp3) is 0.190. The van der Waals surface area contributed by atoms with Crippen LogP contribution in [0.4, 0.5) is 5.69 Å². The molecule has 0 atom stereocenters. The highest BCUT2D eigenvalue weighted by atomic mass is 35.5. The lowest BCUT2D eigenvalue weighted by Crippen LogP contribution is -2.18. The second-order valence-electron chi connectivity index (χ2n) is 6.43. The molecule has 28 heavy (non-hydrogen) atoms. The van der Waals surface area contributed by atoms with E-state index >= 15 is 0 Å². The van der Waals surface area contributed by atoms with Crippen LogP contribution in [0.5, 0.6) is 0 Å². The third-order valence-corrected chi connectivity index (χ3v) is 5.44. The van der Waals surface area contributed by atoms with Crippen molar-refractivity contribution in [3.63, 3.8) is 0 Å². The summed E-state index contributed by atoms with van der Waals surface area (Å²) in [5.74, 6) is 0.402. The normalized spacial score (nSPS) is 10.7. The van der Waals surface area contributed by atoms with Crippen molar-refractivity contribution in [2.24, 2.45) is 0 Å². The van der Waals surface area contributed by atoms with Crippen LogP contribution in [0.2, 0.25) is 5.02 Å². The predicted octanol–water partition coefficient (Wildman–Crippen LogP) is 4.51. The van der Waals surface area contributed by atoms with E-state index in [1.165, 1.54) is 17.8 Å². The minimum atomic E-state index is -0.280. The van der Waals surface area contributed by atoms with Gasteiger partial charge in [-0.15, -0.1) is 0 Å². The molecule has 3 aromatic rings. The predicted molar refractivity (Wildman–Crippen MR) is 114 cm³/mol. The number of halogens is 1. The summed E-state index contributed by atoms with van der Waals surface area (Å²) in [7, 11) is 0. The van der Waals surface area contributed by atoms with E-state index in [9.17, 15) is 9.59 Å². The number of thioether (sulfide) groups is 1. The van der Waals surface area contributed by atoms with Crippen molar-refractivity contribution in [1.29, 1.82) is 0 Å². The first-order valence-corrected chi connectivity index (χ1v) is 10.1. The summed E-state index contributed by atoms with van der Waals surface area (Å²) in [6.45, 7) is 3.95. The Bertz CT molecular complexity index is 1070. The molecule has 1 heterocycles. The molecule has 5 nitrogen and oxygen atoms in total. The molecule has 0 fully saturated rings. The van der Waals surface area contributed by atoms with Crippen LogP contribution in [-0.2, 0) is 17.0 Å². The van der Waals surface area contributed by atoms with E-state index in [-0.39, 0.29) is 17.9 Å². The molecule has 7 heteroatoms. The average molecular weight is 414 g/mol. The number of carbonyl (C=O) groups is 1. The molecular formula is C21H20ClN3O2S. The van der Waals surface area contributed by atoms with E-state index in [2.05, 4.69) is 15.3 Å². The van der Waals surface area contributed by atoms with Gasteiger partial charge in [-0.2, -0.15) is 0 Å². The Kier molecular flexibility index (Phi) is 6.54. The van der Waals surface area contributed by atoms with Gasteiger partial charge < -0.3 is 10.3 Å². The van der Waals surface area contributed by atoms with E-state index in [1.807, 2.05) is 56.3 Å². The van der Waals surface area contributed by atoms with Crippen molar-refractivity contribution in [2.45, 2.75) is 31.2 Å². The molecule has 0 unspecified atom stereocenters. The van der Waals surface area contributed by atoms with Gasteiger partial charge in [-0.3, -0.25) is 9.59 Å². The van der Waals surface area contributed by atoms with Crippen molar-refractivity contribution >= 4 is 35.0 Å². The third kappa shape index (κ3) is 5.47. The highest BCUT2D eigenvalue weighted by molar-refractivity contribution is 7.98. The molecule has 3 rings (SSSR count). The second kappa shape index (κ2) is 9.08. The number of benzene rings is 2. The van der Waals surface area contributed by atoms with Crippen molar-refractivity contribution in [1.82, 2.24) is 9.97 Å². The number of hydrogen-bond acceptors (Lipinski definition) is 4. The summed E-state index contributed by atoms with van der Waals surface area (Å²) in [5, 5.41) is 4.03. The van der Waals surface area contributed by atoms with Crippen LogP contribution in [0.3, 0.4) is 0 Å². The van der Waals surface area contributed by atoms with Crippen molar-refractivity contribution in [3.8, 4) is 0 Å². The Morgan fingerprint density at radius 2 is 1.96 bits per heavy atom. The lowest BCUT2D eigenvalue weighted by molar-refractivity contribution is -0.115. The van der Waals surface area contributed by atoms with Crippen LogP contribution >= 0.6 is 23.4 Å². The largest absolute Gasteiger partial charge is 0.326 e. The first-order chi connectivity index (χ1) is 13.4. The molecular weight excluding hydrogens is 394 g/mol. The van der Waals surface area contributed by atoms with Gasteiger partial charge in [0.1, 0.15) is 0 Å². The van der Waals surface area contributed by atoms with Crippen LogP contribution < -0.4 is 10.9 Å². The monoisotopic (exact) mass is 413 g/mol. The zero-order chi connectivity index (χ0) is 20.1. The minimum Gasteiger partial charge on any atom is -0.326 e. The summed E-state index contributed by atoms with van der Waals surface area (Å²) in [4.78, 5) is 31.5. The number of nitrogens with zero attached hydrogens (tertiary/aromatic N) is 1. The summed E-state index contributed by atoms with van der Waals surface area (Å²) < 4.78 is 0. The Balaban J connectivity index is 1.68. The summed E-state index contributed by atoms with van der Waals surface area (Å²) in [5.41, 5.74) is 4.07. The van der Waals surface area contributed by atoms with Crippen LogP contribution in [0.1, 0.15) is 22.4 Å². The van der Waals surface area contributed by atoms with Gasteiger partial charge in [0, 0.05) is 22.5 Å². The zero-order valence-electron chi connectivity index (χ0n) is 15.6. The first-order valence-electron chi connectivity index (χ1n) is 8.74. The van der Waals surface area contributed by atoms with Gasteiger partial charge in [0.15, 0.2) is 5.16 Å². The SMILES string of the molecule is Cc1cccc(NC(=O)Cc2cc(=O)[nH]c(SCc3cccc(Cl)c3)n2)c1C. The van der Waals surface area contributed by atoms with E-state index < -0.39 is 0 Å². The molecule has 0 aliphatic rings. The number of rotatable bonds is 6. The molecule has 1 aromatic heterocycles. The topological polar surface area (TPSA) is 74.8 Å².